The number of amides is 1. The standard InChI is InChI=1S/C9H7BrN2O/c10-9-7(4-2-6-12-9)3-1-5-8(11)13/h2,4,6H,5H2,(H2,11,13). The summed E-state index contributed by atoms with van der Waals surface area (Å²) in [6.45, 7) is 0. The van der Waals surface area contributed by atoms with Crippen LogP contribution in [-0.2, 0) is 4.79 Å². The third kappa shape index (κ3) is 3.26. The maximum atomic E-state index is 10.4. The number of halogens is 1. The molecule has 0 saturated heterocycles. The Kier molecular flexibility index (Phi) is 3.47. The number of hydrogen-bond donors (Lipinski definition) is 1. The Morgan fingerprint density at radius 2 is 2.46 bits per heavy atom. The van der Waals surface area contributed by atoms with Gasteiger partial charge in [0.15, 0.2) is 0 Å². The summed E-state index contributed by atoms with van der Waals surface area (Å²) in [5.74, 6) is 5.01. The smallest absolute Gasteiger partial charge is 0.229 e. The number of carbonyl (C=O) groups is 1. The number of primary amides is 1. The lowest BCUT2D eigenvalue weighted by molar-refractivity contribution is -0.117. The first-order chi connectivity index (χ1) is 6.20. The van der Waals surface area contributed by atoms with Gasteiger partial charge in [0.1, 0.15) is 4.60 Å². The van der Waals surface area contributed by atoms with E-state index >= 15 is 0 Å². The van der Waals surface area contributed by atoms with Gasteiger partial charge in [-0.15, -0.1) is 0 Å². The highest BCUT2D eigenvalue weighted by Crippen LogP contribution is 2.10. The van der Waals surface area contributed by atoms with Gasteiger partial charge in [0.05, 0.1) is 12.0 Å². The summed E-state index contributed by atoms with van der Waals surface area (Å²) >= 11 is 3.23. The molecule has 2 N–H and O–H groups in total. The summed E-state index contributed by atoms with van der Waals surface area (Å²) in [7, 11) is 0. The fourth-order valence-corrected chi connectivity index (χ4v) is 1.06. The van der Waals surface area contributed by atoms with E-state index in [2.05, 4.69) is 32.8 Å². The quantitative estimate of drug-likeness (QED) is 0.588. The third-order valence-corrected chi connectivity index (χ3v) is 1.88. The second kappa shape index (κ2) is 4.63. The molecule has 0 aromatic carbocycles. The van der Waals surface area contributed by atoms with Gasteiger partial charge in [-0.05, 0) is 28.1 Å². The molecule has 0 aliphatic rings. The Bertz CT molecular complexity index is 379. The number of pyridine rings is 1. The Balaban J connectivity index is 2.77. The van der Waals surface area contributed by atoms with E-state index in [9.17, 15) is 4.79 Å². The minimum atomic E-state index is -0.424. The van der Waals surface area contributed by atoms with Gasteiger partial charge in [-0.1, -0.05) is 11.8 Å². The van der Waals surface area contributed by atoms with Crippen LogP contribution in [0.25, 0.3) is 0 Å². The van der Waals surface area contributed by atoms with Gasteiger partial charge >= 0.3 is 0 Å². The highest BCUT2D eigenvalue weighted by atomic mass is 79.9. The zero-order valence-electron chi connectivity index (χ0n) is 6.75. The van der Waals surface area contributed by atoms with Crippen LogP contribution in [0.3, 0.4) is 0 Å². The molecule has 3 nitrogen and oxygen atoms in total. The monoisotopic (exact) mass is 238 g/mol. The summed E-state index contributed by atoms with van der Waals surface area (Å²) in [6.07, 6.45) is 1.73. The Morgan fingerprint density at radius 3 is 3.08 bits per heavy atom. The number of rotatable bonds is 1. The van der Waals surface area contributed by atoms with Crippen LogP contribution in [0.4, 0.5) is 0 Å². The molecule has 0 fully saturated rings. The number of nitrogens with two attached hydrogens (primary N) is 1. The van der Waals surface area contributed by atoms with Crippen LogP contribution >= 0.6 is 15.9 Å². The van der Waals surface area contributed by atoms with Crippen molar-refractivity contribution in [2.45, 2.75) is 6.42 Å². The lowest BCUT2D eigenvalue weighted by atomic mass is 10.3. The van der Waals surface area contributed by atoms with Crippen LogP contribution in [0.1, 0.15) is 12.0 Å². The highest BCUT2D eigenvalue weighted by molar-refractivity contribution is 9.10. The molecule has 0 bridgehead atoms. The summed E-state index contributed by atoms with van der Waals surface area (Å²) in [4.78, 5) is 14.3. The van der Waals surface area contributed by atoms with Crippen LogP contribution in [-0.4, -0.2) is 10.9 Å². The Hall–Kier alpha value is -1.34. The molecule has 1 heterocycles. The molecule has 1 aromatic heterocycles. The minimum absolute atomic E-state index is 0.0708. The lowest BCUT2D eigenvalue weighted by Gasteiger charge is -1.91. The lowest BCUT2D eigenvalue weighted by Crippen LogP contribution is -2.08. The predicted molar refractivity (Wildman–Crippen MR) is 52.6 cm³/mol. The minimum Gasteiger partial charge on any atom is -0.369 e. The summed E-state index contributed by atoms with van der Waals surface area (Å²) in [6, 6.07) is 3.59. The van der Waals surface area contributed by atoms with Crippen LogP contribution in [0.2, 0.25) is 0 Å². The molecular formula is C9H7BrN2O. The van der Waals surface area contributed by atoms with Crippen molar-refractivity contribution in [3.05, 3.63) is 28.5 Å². The van der Waals surface area contributed by atoms with E-state index in [1.807, 2.05) is 6.07 Å². The first-order valence-corrected chi connectivity index (χ1v) is 4.37. The molecule has 1 aromatic rings. The summed E-state index contributed by atoms with van der Waals surface area (Å²) < 4.78 is 0.673. The van der Waals surface area contributed by atoms with E-state index in [1.165, 1.54) is 0 Å². The third-order valence-electron chi connectivity index (χ3n) is 1.24. The van der Waals surface area contributed by atoms with Crippen molar-refractivity contribution in [2.24, 2.45) is 5.73 Å². The van der Waals surface area contributed by atoms with E-state index in [0.717, 1.165) is 5.56 Å². The number of aromatic nitrogens is 1. The van der Waals surface area contributed by atoms with Gasteiger partial charge < -0.3 is 5.73 Å². The van der Waals surface area contributed by atoms with Gasteiger partial charge in [0.2, 0.25) is 5.91 Å². The maximum Gasteiger partial charge on any atom is 0.229 e. The molecule has 0 radical (unpaired) electrons. The van der Waals surface area contributed by atoms with E-state index in [1.54, 1.807) is 12.3 Å². The molecular weight excluding hydrogens is 232 g/mol. The van der Waals surface area contributed by atoms with E-state index in [0.29, 0.717) is 4.60 Å². The van der Waals surface area contributed by atoms with Crippen LogP contribution < -0.4 is 5.73 Å². The predicted octanol–water partition coefficient (Wildman–Crippen LogP) is 1.07. The second-order valence-corrected chi connectivity index (χ2v) is 3.04. The molecule has 0 saturated carbocycles. The zero-order valence-corrected chi connectivity index (χ0v) is 8.34. The number of nitrogens with zero attached hydrogens (tertiary/aromatic N) is 1. The van der Waals surface area contributed by atoms with Crippen LogP contribution in [0.5, 0.6) is 0 Å². The molecule has 0 aliphatic carbocycles. The van der Waals surface area contributed by atoms with Gasteiger partial charge in [-0.3, -0.25) is 4.79 Å². The molecule has 0 atom stereocenters. The van der Waals surface area contributed by atoms with Crippen molar-refractivity contribution in [1.29, 1.82) is 0 Å². The molecule has 4 heteroatoms. The van der Waals surface area contributed by atoms with Crippen LogP contribution in [0, 0.1) is 11.8 Å². The van der Waals surface area contributed by atoms with Crippen molar-refractivity contribution in [3.63, 3.8) is 0 Å². The van der Waals surface area contributed by atoms with E-state index in [-0.39, 0.29) is 6.42 Å². The van der Waals surface area contributed by atoms with Crippen LogP contribution in [0.15, 0.2) is 22.9 Å². The normalized spacial score (nSPS) is 8.69. The fourth-order valence-electron chi connectivity index (χ4n) is 0.706. The first-order valence-electron chi connectivity index (χ1n) is 3.58. The molecule has 0 unspecified atom stereocenters. The van der Waals surface area contributed by atoms with Gasteiger partial charge in [0, 0.05) is 6.20 Å². The summed E-state index contributed by atoms with van der Waals surface area (Å²) in [5.41, 5.74) is 5.68. The highest BCUT2D eigenvalue weighted by Gasteiger charge is 1.93. The van der Waals surface area contributed by atoms with Crippen molar-refractivity contribution < 1.29 is 4.79 Å². The SMILES string of the molecule is NC(=O)CC#Cc1cccnc1Br. The number of carbonyl (C=O) groups excluding carboxylic acids is 1. The molecule has 66 valence electrons. The van der Waals surface area contributed by atoms with Crippen molar-refractivity contribution in [2.75, 3.05) is 0 Å². The average Bonchev–Trinajstić information content (AvgIpc) is 2.08. The topological polar surface area (TPSA) is 56.0 Å². The van der Waals surface area contributed by atoms with Gasteiger partial charge in [-0.2, -0.15) is 0 Å². The largest absolute Gasteiger partial charge is 0.369 e. The molecule has 1 amide bonds. The average molecular weight is 239 g/mol. The second-order valence-electron chi connectivity index (χ2n) is 2.29. The van der Waals surface area contributed by atoms with Gasteiger partial charge in [0.25, 0.3) is 0 Å². The van der Waals surface area contributed by atoms with E-state index < -0.39 is 5.91 Å². The van der Waals surface area contributed by atoms with Gasteiger partial charge in [-0.25, -0.2) is 4.98 Å². The molecule has 1 rings (SSSR count). The van der Waals surface area contributed by atoms with Crippen molar-refractivity contribution >= 4 is 21.8 Å². The zero-order chi connectivity index (χ0) is 9.68. The van der Waals surface area contributed by atoms with E-state index in [4.69, 9.17) is 5.73 Å². The molecule has 13 heavy (non-hydrogen) atoms. The molecule has 0 spiro atoms. The van der Waals surface area contributed by atoms with Crippen molar-refractivity contribution in [3.8, 4) is 11.8 Å². The number of hydrogen-bond acceptors (Lipinski definition) is 2. The van der Waals surface area contributed by atoms with Crippen molar-refractivity contribution in [1.82, 2.24) is 4.98 Å². The first kappa shape index (κ1) is 9.75. The fraction of sp³-hybridized carbons (Fsp3) is 0.111. The summed E-state index contributed by atoms with van der Waals surface area (Å²) in [5, 5.41) is 0. The maximum absolute atomic E-state index is 10.4. The molecule has 0 aliphatic heterocycles. The Morgan fingerprint density at radius 1 is 1.69 bits per heavy atom. The Labute approximate surface area is 84.5 Å².